The fraction of sp³-hybridized carbons (Fsp3) is 0.214. The molecule has 0 atom stereocenters. The quantitative estimate of drug-likeness (QED) is 0.0914. The molecule has 5 aromatic rings. The van der Waals surface area contributed by atoms with Crippen LogP contribution in [0.3, 0.4) is 0 Å². The molecule has 0 fully saturated rings. The van der Waals surface area contributed by atoms with E-state index in [0.29, 0.717) is 28.6 Å². The van der Waals surface area contributed by atoms with E-state index in [1.807, 2.05) is 48.5 Å². The van der Waals surface area contributed by atoms with Crippen molar-refractivity contribution in [2.24, 2.45) is 0 Å². The first kappa shape index (κ1) is 27.3. The van der Waals surface area contributed by atoms with E-state index in [2.05, 4.69) is 20.8 Å². The van der Waals surface area contributed by atoms with Gasteiger partial charge in [-0.1, -0.05) is 47.7 Å². The smallest absolute Gasteiger partial charge is 0.230 e. The third-order valence-electron chi connectivity index (χ3n) is 6.06. The number of hydrogen-bond acceptors (Lipinski definition) is 10. The average molecular weight is 575 g/mol. The zero-order valence-electron chi connectivity index (χ0n) is 21.4. The van der Waals surface area contributed by atoms with E-state index in [0.717, 1.165) is 57.1 Å². The number of nitrogens with zero attached hydrogens (tertiary/aromatic N) is 2. The van der Waals surface area contributed by atoms with Gasteiger partial charge in [0.05, 0.1) is 30.4 Å². The van der Waals surface area contributed by atoms with Crippen LogP contribution in [-0.2, 0) is 28.9 Å². The summed E-state index contributed by atoms with van der Waals surface area (Å²) in [6.07, 6.45) is 6.09. The molecule has 2 amide bonds. The predicted octanol–water partition coefficient (Wildman–Crippen LogP) is 5.93. The number of rotatable bonds is 10. The number of benzene rings is 2. The van der Waals surface area contributed by atoms with Crippen molar-refractivity contribution < 1.29 is 18.4 Å². The Balaban J connectivity index is 0.985. The Labute approximate surface area is 237 Å². The normalized spacial score (nSPS) is 11.1. The van der Waals surface area contributed by atoms with E-state index >= 15 is 0 Å². The summed E-state index contributed by atoms with van der Waals surface area (Å²) in [5.41, 5.74) is 3.03. The van der Waals surface area contributed by atoms with Crippen LogP contribution in [0.4, 0.5) is 5.13 Å². The molecular formula is C28H26N6O4S2. The van der Waals surface area contributed by atoms with Crippen molar-refractivity contribution in [3.8, 4) is 0 Å². The number of hydrogen-bond donors (Lipinski definition) is 4. The van der Waals surface area contributed by atoms with Crippen LogP contribution in [0.5, 0.6) is 0 Å². The summed E-state index contributed by atoms with van der Waals surface area (Å²) in [5, 5.41) is 33.0. The van der Waals surface area contributed by atoms with Gasteiger partial charge in [0.15, 0.2) is 5.17 Å². The lowest BCUT2D eigenvalue weighted by Crippen LogP contribution is -2.29. The lowest BCUT2D eigenvalue weighted by atomic mass is 10.1. The SMILES string of the molecule is N=C(CCCCc1nnc(NC(=O)Cc2coc3ccccc23)s1)SC(=N)NC(=O)Cc1coc2ccccc12. The Hall–Kier alpha value is -4.29. The predicted molar refractivity (Wildman–Crippen MR) is 157 cm³/mol. The van der Waals surface area contributed by atoms with Crippen molar-refractivity contribution in [1.29, 1.82) is 10.8 Å². The molecule has 0 saturated heterocycles. The van der Waals surface area contributed by atoms with Gasteiger partial charge in [-0.2, -0.15) is 0 Å². The number of amides is 2. The van der Waals surface area contributed by atoms with Gasteiger partial charge in [-0.05, 0) is 43.2 Å². The lowest BCUT2D eigenvalue weighted by molar-refractivity contribution is -0.119. The summed E-state index contributed by atoms with van der Waals surface area (Å²) in [7, 11) is 0. The molecule has 0 aliphatic carbocycles. The number of carbonyl (C=O) groups is 2. The van der Waals surface area contributed by atoms with E-state index in [9.17, 15) is 9.59 Å². The Morgan fingerprint density at radius 3 is 2.15 bits per heavy atom. The van der Waals surface area contributed by atoms with Gasteiger partial charge in [-0.25, -0.2) is 0 Å². The van der Waals surface area contributed by atoms with Gasteiger partial charge < -0.3 is 19.5 Å². The number of amidine groups is 1. The number of aromatic nitrogens is 2. The summed E-state index contributed by atoms with van der Waals surface area (Å²) < 4.78 is 10.9. The Morgan fingerprint density at radius 2 is 1.48 bits per heavy atom. The molecule has 4 N–H and O–H groups in total. The van der Waals surface area contributed by atoms with Crippen molar-refractivity contribution in [2.75, 3.05) is 5.32 Å². The summed E-state index contributed by atoms with van der Waals surface area (Å²) in [5.74, 6) is -0.512. The van der Waals surface area contributed by atoms with Crippen molar-refractivity contribution in [3.05, 3.63) is 77.2 Å². The molecule has 204 valence electrons. The van der Waals surface area contributed by atoms with Gasteiger partial charge in [0.25, 0.3) is 0 Å². The molecule has 0 bridgehead atoms. The lowest BCUT2D eigenvalue weighted by Gasteiger charge is -2.07. The highest BCUT2D eigenvalue weighted by atomic mass is 32.2. The molecule has 0 aliphatic rings. The maximum atomic E-state index is 12.5. The molecule has 0 spiro atoms. The Bertz CT molecular complexity index is 1690. The van der Waals surface area contributed by atoms with Crippen LogP contribution >= 0.6 is 23.1 Å². The number of thioether (sulfide) groups is 1. The van der Waals surface area contributed by atoms with Crippen LogP contribution in [0.15, 0.2) is 69.9 Å². The maximum absolute atomic E-state index is 12.5. The first-order valence-corrected chi connectivity index (χ1v) is 14.2. The second-order valence-electron chi connectivity index (χ2n) is 9.03. The van der Waals surface area contributed by atoms with E-state index < -0.39 is 0 Å². The monoisotopic (exact) mass is 574 g/mol. The maximum Gasteiger partial charge on any atom is 0.230 e. The van der Waals surface area contributed by atoms with Gasteiger partial charge in [0, 0.05) is 28.3 Å². The summed E-state index contributed by atoms with van der Waals surface area (Å²) in [4.78, 5) is 24.8. The zero-order valence-corrected chi connectivity index (χ0v) is 23.0. The number of para-hydroxylation sites is 2. The van der Waals surface area contributed by atoms with Gasteiger partial charge in [0.2, 0.25) is 16.9 Å². The van der Waals surface area contributed by atoms with Crippen molar-refractivity contribution >= 4 is 72.2 Å². The van der Waals surface area contributed by atoms with Gasteiger partial charge >= 0.3 is 0 Å². The highest BCUT2D eigenvalue weighted by Gasteiger charge is 2.14. The Morgan fingerprint density at radius 1 is 0.850 bits per heavy atom. The minimum absolute atomic E-state index is 0.0734. The number of unbranched alkanes of at least 4 members (excludes halogenated alkanes) is 1. The third-order valence-corrected chi connectivity index (χ3v) is 7.72. The molecule has 0 unspecified atom stereocenters. The molecule has 12 heteroatoms. The van der Waals surface area contributed by atoms with Crippen LogP contribution in [-0.4, -0.2) is 32.2 Å². The molecule has 3 aromatic heterocycles. The van der Waals surface area contributed by atoms with Crippen molar-refractivity contribution in [2.45, 2.75) is 38.5 Å². The van der Waals surface area contributed by atoms with Gasteiger partial charge in [-0.3, -0.25) is 20.4 Å². The standard InChI is InChI=1S/C28H26N6O4S2/c29-23(39-27(30)31-24(35)13-17-15-37-21-9-3-1-7-19(17)21)11-5-6-12-26-33-34-28(40-26)32-25(36)14-18-16-38-22-10-4-2-8-20(18)22/h1-4,7-10,15-16,29H,5-6,11-14H2,(H2,30,31,35)(H,32,34,36). The number of anilines is 1. The van der Waals surface area contributed by atoms with Crippen LogP contribution in [0, 0.1) is 10.8 Å². The molecule has 10 nitrogen and oxygen atoms in total. The number of nitrogens with one attached hydrogen (secondary N) is 4. The zero-order chi connectivity index (χ0) is 27.9. The van der Waals surface area contributed by atoms with Crippen LogP contribution in [0.25, 0.3) is 21.9 Å². The van der Waals surface area contributed by atoms with Gasteiger partial charge in [0.1, 0.15) is 16.2 Å². The summed E-state index contributed by atoms with van der Waals surface area (Å²) >= 11 is 2.27. The molecule has 2 aromatic carbocycles. The first-order chi connectivity index (χ1) is 19.4. The fourth-order valence-electron chi connectivity index (χ4n) is 4.19. The first-order valence-electron chi connectivity index (χ1n) is 12.6. The van der Waals surface area contributed by atoms with Gasteiger partial charge in [-0.15, -0.1) is 10.2 Å². The van der Waals surface area contributed by atoms with Crippen LogP contribution in [0.1, 0.15) is 35.4 Å². The van der Waals surface area contributed by atoms with E-state index in [-0.39, 0.29) is 29.8 Å². The number of fused-ring (bicyclic) bond motifs is 2. The molecule has 0 radical (unpaired) electrons. The highest BCUT2D eigenvalue weighted by molar-refractivity contribution is 8.26. The number of aryl methyl sites for hydroxylation is 1. The summed E-state index contributed by atoms with van der Waals surface area (Å²) in [6.45, 7) is 0. The molecule has 5 rings (SSSR count). The molecule has 0 aliphatic heterocycles. The van der Waals surface area contributed by atoms with Crippen LogP contribution < -0.4 is 10.6 Å². The molecule has 3 heterocycles. The van der Waals surface area contributed by atoms with E-state index in [1.165, 1.54) is 11.3 Å². The number of furan rings is 2. The Kier molecular flexibility index (Phi) is 8.67. The molecule has 40 heavy (non-hydrogen) atoms. The van der Waals surface area contributed by atoms with E-state index in [1.54, 1.807) is 12.5 Å². The second kappa shape index (κ2) is 12.7. The molecule has 0 saturated carbocycles. The highest BCUT2D eigenvalue weighted by Crippen LogP contribution is 2.23. The fourth-order valence-corrected chi connectivity index (χ4v) is 5.64. The molecular weight excluding hydrogens is 548 g/mol. The average Bonchev–Trinajstić information content (AvgIpc) is 3.66. The number of carbonyl (C=O) groups excluding carboxylic acids is 2. The third kappa shape index (κ3) is 7.01. The summed E-state index contributed by atoms with van der Waals surface area (Å²) in [6, 6.07) is 15.1. The van der Waals surface area contributed by atoms with Crippen molar-refractivity contribution in [3.63, 3.8) is 0 Å². The van der Waals surface area contributed by atoms with Crippen molar-refractivity contribution in [1.82, 2.24) is 15.5 Å². The minimum atomic E-state index is -0.325. The van der Waals surface area contributed by atoms with Crippen LogP contribution in [0.2, 0.25) is 0 Å². The largest absolute Gasteiger partial charge is 0.464 e. The minimum Gasteiger partial charge on any atom is -0.464 e. The second-order valence-corrected chi connectivity index (χ2v) is 11.2. The topological polar surface area (TPSA) is 158 Å². The van der Waals surface area contributed by atoms with E-state index in [4.69, 9.17) is 19.7 Å².